The molecule has 0 aliphatic rings. The van der Waals surface area contributed by atoms with Crippen molar-refractivity contribution in [3.8, 4) is 22.4 Å². The van der Waals surface area contributed by atoms with Crippen LogP contribution in [0.1, 0.15) is 42.4 Å². The number of hydrogen-bond acceptors (Lipinski definition) is 6. The molecule has 0 aliphatic carbocycles. The van der Waals surface area contributed by atoms with Gasteiger partial charge in [0.25, 0.3) is 0 Å². The highest BCUT2D eigenvalue weighted by Crippen LogP contribution is 2.31. The number of pyridine rings is 2. The first-order valence-electron chi connectivity index (χ1n) is 15.0. The lowest BCUT2D eigenvalue weighted by molar-refractivity contribution is 0.0365. The van der Waals surface area contributed by atoms with Gasteiger partial charge < -0.3 is 19.8 Å². The number of halogens is 1. The molecule has 4 heterocycles. The van der Waals surface area contributed by atoms with Crippen LogP contribution in [0.3, 0.4) is 0 Å². The minimum Gasteiger partial charge on any atom is -0.459 e. The highest BCUT2D eigenvalue weighted by Gasteiger charge is 2.23. The van der Waals surface area contributed by atoms with Gasteiger partial charge in [0.15, 0.2) is 5.69 Å². The van der Waals surface area contributed by atoms with E-state index < -0.39 is 23.7 Å². The third kappa shape index (κ3) is 6.61. The minimum atomic E-state index is -0.690. The Bertz CT molecular complexity index is 2060. The van der Waals surface area contributed by atoms with Gasteiger partial charge in [-0.05, 0) is 87.7 Å². The molecular formula is C36H34FN5O4. The predicted octanol–water partition coefficient (Wildman–Crippen LogP) is 7.28. The van der Waals surface area contributed by atoms with E-state index >= 15 is 0 Å². The fraction of sp³-hybridized carbons (Fsp3) is 0.222. The Morgan fingerprint density at radius 1 is 1.02 bits per heavy atom. The van der Waals surface area contributed by atoms with E-state index in [1.165, 1.54) is 12.3 Å². The molecule has 0 saturated carbocycles. The summed E-state index contributed by atoms with van der Waals surface area (Å²) in [6.07, 6.45) is 6.65. The van der Waals surface area contributed by atoms with Gasteiger partial charge in [0.1, 0.15) is 23.7 Å². The number of benzene rings is 2. The zero-order valence-electron chi connectivity index (χ0n) is 26.0. The lowest BCUT2D eigenvalue weighted by atomic mass is 9.99. The van der Waals surface area contributed by atoms with Crippen molar-refractivity contribution in [2.45, 2.75) is 45.8 Å². The molecule has 0 aliphatic heterocycles. The van der Waals surface area contributed by atoms with E-state index in [0.29, 0.717) is 23.3 Å². The SMILES string of the molecule is Cc1cc(-c2ncccc2-c2ccc3ncc(C(=O)OC[C@H](Cc4c[nH]c5ccccc45)NC(=O)OC(C)(C)C)n3c2)ccc1F. The molecule has 234 valence electrons. The Morgan fingerprint density at radius 3 is 2.63 bits per heavy atom. The maximum atomic E-state index is 14.0. The van der Waals surface area contributed by atoms with Crippen molar-refractivity contribution in [1.82, 2.24) is 24.7 Å². The van der Waals surface area contributed by atoms with Crippen LogP contribution in [-0.4, -0.2) is 49.7 Å². The number of fused-ring (bicyclic) bond motifs is 2. The van der Waals surface area contributed by atoms with E-state index in [-0.39, 0.29) is 18.1 Å². The molecule has 1 amide bonds. The molecule has 10 heteroatoms. The molecule has 0 spiro atoms. The number of nitrogens with zero attached hydrogens (tertiary/aromatic N) is 3. The number of para-hydroxylation sites is 1. The summed E-state index contributed by atoms with van der Waals surface area (Å²) in [7, 11) is 0. The summed E-state index contributed by atoms with van der Waals surface area (Å²) in [5.74, 6) is -0.880. The van der Waals surface area contributed by atoms with Gasteiger partial charge in [-0.3, -0.25) is 9.38 Å². The number of aromatic amines is 1. The number of carbonyl (C=O) groups excluding carboxylic acids is 2. The van der Waals surface area contributed by atoms with Crippen LogP contribution in [0, 0.1) is 12.7 Å². The molecule has 2 aromatic carbocycles. The maximum Gasteiger partial charge on any atom is 0.408 e. The van der Waals surface area contributed by atoms with Crippen molar-refractivity contribution in [3.05, 3.63) is 114 Å². The van der Waals surface area contributed by atoms with E-state index in [4.69, 9.17) is 9.47 Å². The molecule has 4 aromatic heterocycles. The van der Waals surface area contributed by atoms with Crippen molar-refractivity contribution >= 4 is 28.6 Å². The molecular weight excluding hydrogens is 585 g/mol. The normalized spacial score (nSPS) is 12.3. The summed E-state index contributed by atoms with van der Waals surface area (Å²) in [5.41, 5.74) is 5.61. The number of esters is 1. The topological polar surface area (TPSA) is 111 Å². The van der Waals surface area contributed by atoms with Gasteiger partial charge in [0.2, 0.25) is 0 Å². The summed E-state index contributed by atoms with van der Waals surface area (Å²) in [4.78, 5) is 38.4. The van der Waals surface area contributed by atoms with E-state index in [1.807, 2.05) is 54.7 Å². The highest BCUT2D eigenvalue weighted by molar-refractivity contribution is 5.89. The molecule has 46 heavy (non-hydrogen) atoms. The Hall–Kier alpha value is -5.51. The van der Waals surface area contributed by atoms with Crippen LogP contribution < -0.4 is 5.32 Å². The number of ether oxygens (including phenoxy) is 2. The average molecular weight is 620 g/mol. The first kappa shape index (κ1) is 30.5. The molecule has 6 rings (SSSR count). The van der Waals surface area contributed by atoms with E-state index in [9.17, 15) is 14.0 Å². The molecule has 0 radical (unpaired) electrons. The first-order chi connectivity index (χ1) is 22.1. The number of nitrogens with one attached hydrogen (secondary N) is 2. The summed E-state index contributed by atoms with van der Waals surface area (Å²) in [6, 6.07) is 19.7. The van der Waals surface area contributed by atoms with Crippen LogP contribution >= 0.6 is 0 Å². The van der Waals surface area contributed by atoms with Gasteiger partial charge in [0.05, 0.1) is 17.9 Å². The smallest absolute Gasteiger partial charge is 0.408 e. The number of aryl methyl sites for hydroxylation is 1. The molecule has 0 fully saturated rings. The van der Waals surface area contributed by atoms with Crippen molar-refractivity contribution in [1.29, 1.82) is 0 Å². The highest BCUT2D eigenvalue weighted by atomic mass is 19.1. The van der Waals surface area contributed by atoms with Crippen molar-refractivity contribution in [2.24, 2.45) is 0 Å². The molecule has 0 bridgehead atoms. The summed E-state index contributed by atoms with van der Waals surface area (Å²) >= 11 is 0. The average Bonchev–Trinajstić information content (AvgIpc) is 3.64. The van der Waals surface area contributed by atoms with Crippen LogP contribution in [-0.2, 0) is 15.9 Å². The van der Waals surface area contributed by atoms with Gasteiger partial charge in [-0.2, -0.15) is 0 Å². The van der Waals surface area contributed by atoms with Gasteiger partial charge in [-0.1, -0.05) is 24.3 Å². The third-order valence-corrected chi connectivity index (χ3v) is 7.54. The zero-order valence-corrected chi connectivity index (χ0v) is 26.0. The summed E-state index contributed by atoms with van der Waals surface area (Å²) in [5, 5.41) is 3.89. The summed E-state index contributed by atoms with van der Waals surface area (Å²) < 4.78 is 26.9. The van der Waals surface area contributed by atoms with Gasteiger partial charge in [0, 0.05) is 46.2 Å². The largest absolute Gasteiger partial charge is 0.459 e. The molecule has 0 saturated heterocycles. The van der Waals surface area contributed by atoms with Crippen LogP contribution in [0.5, 0.6) is 0 Å². The maximum absolute atomic E-state index is 14.0. The number of hydrogen-bond donors (Lipinski definition) is 2. The first-order valence-corrected chi connectivity index (χ1v) is 15.0. The quantitative estimate of drug-likeness (QED) is 0.173. The standard InChI is InChI=1S/C36H34FN5O4/c1-22-16-23(11-13-29(22)37)33-28(9-7-15-38-33)24-12-14-32-40-19-31(42(32)20-24)34(43)45-21-26(41-35(44)46-36(2,3)4)17-25-18-39-30-10-6-5-8-27(25)30/h5-16,18-20,26,39H,17,21H2,1-4H3,(H,41,44)/t26-/m0/s1. The molecule has 0 unspecified atom stereocenters. The third-order valence-electron chi connectivity index (χ3n) is 7.54. The van der Waals surface area contributed by atoms with Crippen molar-refractivity contribution in [2.75, 3.05) is 6.61 Å². The number of rotatable bonds is 8. The van der Waals surface area contributed by atoms with E-state index in [2.05, 4.69) is 20.3 Å². The molecule has 9 nitrogen and oxygen atoms in total. The number of amides is 1. The minimum absolute atomic E-state index is 0.0961. The lowest BCUT2D eigenvalue weighted by Crippen LogP contribution is -2.43. The number of carbonyl (C=O) groups is 2. The second kappa shape index (κ2) is 12.5. The second-order valence-corrected chi connectivity index (χ2v) is 12.2. The van der Waals surface area contributed by atoms with E-state index in [0.717, 1.165) is 33.2 Å². The van der Waals surface area contributed by atoms with Gasteiger partial charge in [-0.25, -0.2) is 19.0 Å². The van der Waals surface area contributed by atoms with Crippen LogP contribution in [0.15, 0.2) is 91.5 Å². The Balaban J connectivity index is 1.25. The molecule has 1 atom stereocenters. The van der Waals surface area contributed by atoms with E-state index in [1.54, 1.807) is 56.6 Å². The number of imidazole rings is 1. The van der Waals surface area contributed by atoms with Crippen molar-refractivity contribution in [3.63, 3.8) is 0 Å². The Kier molecular flexibility index (Phi) is 8.27. The van der Waals surface area contributed by atoms with Crippen LogP contribution in [0.2, 0.25) is 0 Å². The van der Waals surface area contributed by atoms with Gasteiger partial charge in [-0.15, -0.1) is 0 Å². The predicted molar refractivity (Wildman–Crippen MR) is 174 cm³/mol. The Labute approximate surface area is 265 Å². The number of alkyl carbamates (subject to hydrolysis) is 1. The second-order valence-electron chi connectivity index (χ2n) is 12.2. The van der Waals surface area contributed by atoms with Crippen LogP contribution in [0.25, 0.3) is 38.9 Å². The molecule has 2 N–H and O–H groups in total. The Morgan fingerprint density at radius 2 is 1.83 bits per heavy atom. The number of H-pyrrole nitrogens is 1. The fourth-order valence-electron chi connectivity index (χ4n) is 5.39. The lowest BCUT2D eigenvalue weighted by Gasteiger charge is -2.23. The zero-order chi connectivity index (χ0) is 32.4. The summed E-state index contributed by atoms with van der Waals surface area (Å²) in [6.45, 7) is 6.98. The van der Waals surface area contributed by atoms with Gasteiger partial charge >= 0.3 is 12.1 Å². The monoisotopic (exact) mass is 619 g/mol. The number of aromatic nitrogens is 4. The van der Waals surface area contributed by atoms with Crippen molar-refractivity contribution < 1.29 is 23.5 Å². The molecule has 6 aromatic rings. The van der Waals surface area contributed by atoms with Crippen LogP contribution in [0.4, 0.5) is 9.18 Å². The fourth-order valence-corrected chi connectivity index (χ4v) is 5.39.